The van der Waals surface area contributed by atoms with Gasteiger partial charge in [-0.1, -0.05) is 20.8 Å². The van der Waals surface area contributed by atoms with Crippen molar-refractivity contribution in [2.45, 2.75) is 39.7 Å². The first-order chi connectivity index (χ1) is 10.6. The second-order valence-electron chi connectivity index (χ2n) is 6.21. The minimum absolute atomic E-state index is 0.0231. The Kier molecular flexibility index (Phi) is 5.83. The number of aromatic nitrogens is 2. The van der Waals surface area contributed by atoms with Crippen LogP contribution in [0.25, 0.3) is 0 Å². The Balaban J connectivity index is 2.03. The van der Waals surface area contributed by atoms with E-state index in [-0.39, 0.29) is 24.0 Å². The Morgan fingerprint density at radius 2 is 2.27 bits per heavy atom. The van der Waals surface area contributed by atoms with E-state index in [1.807, 2.05) is 4.90 Å². The molecule has 124 valence electrons. The number of methoxy groups -OCH3 is 1. The summed E-state index contributed by atoms with van der Waals surface area (Å²) in [6.07, 6.45) is 3.18. The third-order valence-corrected chi connectivity index (χ3v) is 4.26. The molecule has 22 heavy (non-hydrogen) atoms. The smallest absolute Gasteiger partial charge is 0.410 e. The van der Waals surface area contributed by atoms with Crippen LogP contribution in [0.5, 0.6) is 0 Å². The first kappa shape index (κ1) is 16.8. The van der Waals surface area contributed by atoms with Gasteiger partial charge in [0.1, 0.15) is 0 Å². The highest BCUT2D eigenvalue weighted by Gasteiger charge is 2.35. The summed E-state index contributed by atoms with van der Waals surface area (Å²) in [5.41, 5.74) is 2.11. The molecule has 1 amide bonds. The topological polar surface area (TPSA) is 67.5 Å². The molecule has 2 heterocycles. The number of nitrogens with one attached hydrogen (secondary N) is 1. The number of H-pyrrole nitrogens is 1. The Hall–Kier alpha value is -1.56. The Morgan fingerprint density at radius 3 is 2.91 bits per heavy atom. The minimum Gasteiger partial charge on any atom is -0.449 e. The second kappa shape index (κ2) is 7.63. The molecule has 0 aromatic carbocycles. The number of aromatic amines is 1. The maximum absolute atomic E-state index is 12.5. The number of imidazole rings is 1. The number of fused-ring (bicyclic) bond motifs is 1. The van der Waals surface area contributed by atoms with Crippen LogP contribution in [-0.2, 0) is 15.9 Å². The van der Waals surface area contributed by atoms with Crippen LogP contribution in [-0.4, -0.2) is 47.8 Å². The van der Waals surface area contributed by atoms with Gasteiger partial charge in [-0.05, 0) is 12.3 Å². The number of carbonyl (C=O) groups is 1. The number of carbonyl (C=O) groups excluding carboxylic acids is 1. The monoisotopic (exact) mass is 309 g/mol. The van der Waals surface area contributed by atoms with Gasteiger partial charge in [-0.15, -0.1) is 0 Å². The molecule has 1 aliphatic rings. The van der Waals surface area contributed by atoms with E-state index >= 15 is 0 Å². The highest BCUT2D eigenvalue weighted by atomic mass is 16.6. The fourth-order valence-electron chi connectivity index (χ4n) is 2.98. The molecular weight excluding hydrogens is 282 g/mol. The first-order valence-electron chi connectivity index (χ1n) is 8.02. The average Bonchev–Trinajstić information content (AvgIpc) is 2.98. The molecule has 0 spiro atoms. The third kappa shape index (κ3) is 3.61. The summed E-state index contributed by atoms with van der Waals surface area (Å²) in [5.74, 6) is 0.535. The third-order valence-electron chi connectivity index (χ3n) is 4.26. The zero-order chi connectivity index (χ0) is 16.1. The summed E-state index contributed by atoms with van der Waals surface area (Å²) in [7, 11) is 1.67. The standard InChI is InChI=1S/C16H27N3O3/c1-5-12(8-21-4)9-22-16(20)19-7-6-13-14(18-10-17-13)15(19)11(2)3/h10-12,15H,5-9H2,1-4H3,(H,17,18). The van der Waals surface area contributed by atoms with E-state index in [0.717, 1.165) is 24.2 Å². The molecule has 0 saturated carbocycles. The molecule has 6 heteroatoms. The van der Waals surface area contributed by atoms with Crippen LogP contribution in [0.15, 0.2) is 6.33 Å². The molecule has 0 radical (unpaired) electrons. The molecule has 1 aromatic heterocycles. The van der Waals surface area contributed by atoms with Gasteiger partial charge in [0, 0.05) is 31.7 Å². The van der Waals surface area contributed by atoms with Crippen molar-refractivity contribution in [1.29, 1.82) is 0 Å². The second-order valence-corrected chi connectivity index (χ2v) is 6.21. The quantitative estimate of drug-likeness (QED) is 0.877. The SMILES string of the molecule is CCC(COC)COC(=O)N1CCc2[nH]cnc2C1C(C)C. The van der Waals surface area contributed by atoms with Crippen molar-refractivity contribution in [2.75, 3.05) is 26.9 Å². The molecule has 2 atom stereocenters. The van der Waals surface area contributed by atoms with Gasteiger partial charge in [-0.25, -0.2) is 9.78 Å². The van der Waals surface area contributed by atoms with Crippen LogP contribution < -0.4 is 0 Å². The summed E-state index contributed by atoms with van der Waals surface area (Å²) in [5, 5.41) is 0. The summed E-state index contributed by atoms with van der Waals surface area (Å²) in [6.45, 7) is 7.96. The van der Waals surface area contributed by atoms with Gasteiger partial charge in [0.25, 0.3) is 0 Å². The van der Waals surface area contributed by atoms with E-state index in [1.165, 1.54) is 0 Å². The normalized spacial score (nSPS) is 19.1. The van der Waals surface area contributed by atoms with E-state index < -0.39 is 0 Å². The van der Waals surface area contributed by atoms with Crippen molar-refractivity contribution in [2.24, 2.45) is 11.8 Å². The molecule has 0 saturated heterocycles. The Bertz CT molecular complexity index is 487. The van der Waals surface area contributed by atoms with Crippen molar-refractivity contribution < 1.29 is 14.3 Å². The lowest BCUT2D eigenvalue weighted by atomic mass is 9.94. The number of hydrogen-bond acceptors (Lipinski definition) is 4. The van der Waals surface area contributed by atoms with Crippen molar-refractivity contribution in [1.82, 2.24) is 14.9 Å². The lowest BCUT2D eigenvalue weighted by molar-refractivity contribution is 0.0435. The molecule has 6 nitrogen and oxygen atoms in total. The molecule has 1 N–H and O–H groups in total. The fourth-order valence-corrected chi connectivity index (χ4v) is 2.98. The van der Waals surface area contributed by atoms with Crippen LogP contribution >= 0.6 is 0 Å². The van der Waals surface area contributed by atoms with E-state index in [2.05, 4.69) is 30.7 Å². The molecule has 1 aromatic rings. The fraction of sp³-hybridized carbons (Fsp3) is 0.750. The summed E-state index contributed by atoms with van der Waals surface area (Å²) < 4.78 is 10.7. The molecule has 0 bridgehead atoms. The van der Waals surface area contributed by atoms with Crippen molar-refractivity contribution >= 4 is 6.09 Å². The van der Waals surface area contributed by atoms with Gasteiger partial charge in [0.2, 0.25) is 0 Å². The lowest BCUT2D eigenvalue weighted by Crippen LogP contribution is -2.43. The number of nitrogens with zero attached hydrogens (tertiary/aromatic N) is 2. The average molecular weight is 309 g/mol. The van der Waals surface area contributed by atoms with Gasteiger partial charge < -0.3 is 14.5 Å². The van der Waals surface area contributed by atoms with Gasteiger partial charge >= 0.3 is 6.09 Å². The predicted octanol–water partition coefficient (Wildman–Crippen LogP) is 2.77. The maximum atomic E-state index is 12.5. The van der Waals surface area contributed by atoms with Crippen molar-refractivity contribution in [3.63, 3.8) is 0 Å². The maximum Gasteiger partial charge on any atom is 0.410 e. The Labute approximate surface area is 132 Å². The highest BCUT2D eigenvalue weighted by molar-refractivity contribution is 5.68. The van der Waals surface area contributed by atoms with Crippen molar-refractivity contribution in [3.05, 3.63) is 17.7 Å². The van der Waals surface area contributed by atoms with E-state index in [9.17, 15) is 4.79 Å². The number of amides is 1. The molecule has 2 unspecified atom stereocenters. The largest absolute Gasteiger partial charge is 0.449 e. The van der Waals surface area contributed by atoms with Crippen LogP contribution in [0.2, 0.25) is 0 Å². The predicted molar refractivity (Wildman–Crippen MR) is 83.6 cm³/mol. The van der Waals surface area contributed by atoms with Gasteiger partial charge in [0.05, 0.1) is 31.3 Å². The van der Waals surface area contributed by atoms with Crippen molar-refractivity contribution in [3.8, 4) is 0 Å². The van der Waals surface area contributed by atoms with Gasteiger partial charge in [-0.3, -0.25) is 4.90 Å². The zero-order valence-electron chi connectivity index (χ0n) is 14.0. The van der Waals surface area contributed by atoms with Crippen LogP contribution in [0, 0.1) is 11.8 Å². The molecule has 0 aliphatic carbocycles. The lowest BCUT2D eigenvalue weighted by Gasteiger charge is -2.36. The summed E-state index contributed by atoms with van der Waals surface area (Å²) in [4.78, 5) is 21.9. The van der Waals surface area contributed by atoms with Gasteiger partial charge in [-0.2, -0.15) is 0 Å². The van der Waals surface area contributed by atoms with Crippen LogP contribution in [0.4, 0.5) is 4.79 Å². The number of hydrogen-bond donors (Lipinski definition) is 1. The first-order valence-corrected chi connectivity index (χ1v) is 8.02. The van der Waals surface area contributed by atoms with Gasteiger partial charge in [0.15, 0.2) is 0 Å². The summed E-state index contributed by atoms with van der Waals surface area (Å²) >= 11 is 0. The Morgan fingerprint density at radius 1 is 1.50 bits per heavy atom. The summed E-state index contributed by atoms with van der Waals surface area (Å²) in [6, 6.07) is -0.0231. The number of rotatable bonds is 6. The van der Waals surface area contributed by atoms with E-state index in [0.29, 0.717) is 19.8 Å². The molecule has 0 fully saturated rings. The highest BCUT2D eigenvalue weighted by Crippen LogP contribution is 2.33. The molecule has 2 rings (SSSR count). The van der Waals surface area contributed by atoms with Crippen LogP contribution in [0.3, 0.4) is 0 Å². The molecule has 1 aliphatic heterocycles. The van der Waals surface area contributed by atoms with E-state index in [1.54, 1.807) is 13.4 Å². The van der Waals surface area contributed by atoms with E-state index in [4.69, 9.17) is 9.47 Å². The molecular formula is C16H27N3O3. The minimum atomic E-state index is -0.248. The van der Waals surface area contributed by atoms with Crippen LogP contribution in [0.1, 0.15) is 44.6 Å². The zero-order valence-corrected chi connectivity index (χ0v) is 14.0. The number of ether oxygens (including phenoxy) is 2.